The summed E-state index contributed by atoms with van der Waals surface area (Å²) < 4.78 is 72.9. The van der Waals surface area contributed by atoms with Crippen molar-refractivity contribution in [1.29, 1.82) is 0 Å². The summed E-state index contributed by atoms with van der Waals surface area (Å²) in [5.41, 5.74) is -0.568. The fraction of sp³-hybridized carbons (Fsp3) is 0.600. The normalized spacial score (nSPS) is 27.4. The molecule has 1 heterocycles. The first-order chi connectivity index (χ1) is 12.0. The molecule has 0 aliphatic carbocycles. The van der Waals surface area contributed by atoms with Crippen molar-refractivity contribution >= 4 is 12.6 Å². The zero-order valence-electron chi connectivity index (χ0n) is 19.0. The molecule has 1 aromatic carbocycles. The summed E-state index contributed by atoms with van der Waals surface area (Å²) in [6, 6.07) is 6.15. The molecule has 0 aromatic heterocycles. The van der Waals surface area contributed by atoms with Gasteiger partial charge in [-0.2, -0.15) is 0 Å². The van der Waals surface area contributed by atoms with Crippen LogP contribution in [0.15, 0.2) is 24.3 Å². The van der Waals surface area contributed by atoms with E-state index in [0.29, 0.717) is 5.46 Å². The highest BCUT2D eigenvalue weighted by atomic mass is 16.7. The van der Waals surface area contributed by atoms with Gasteiger partial charge in [-0.05, 0) is 45.3 Å². The van der Waals surface area contributed by atoms with Gasteiger partial charge in [-0.25, -0.2) is 0 Å². The minimum Gasteiger partial charge on any atom is -0.491 e. The van der Waals surface area contributed by atoms with Gasteiger partial charge >= 0.3 is 7.12 Å². The Morgan fingerprint density at radius 2 is 1.90 bits per heavy atom. The number of methoxy groups -OCH3 is 1. The molecule has 0 atom stereocenters. The molecule has 1 aliphatic heterocycles. The molecule has 5 heteroatoms. The molecule has 0 saturated carbocycles. The monoisotopic (exact) mass is 285 g/mol. The summed E-state index contributed by atoms with van der Waals surface area (Å²) in [5.74, 6) is -0.0229. The summed E-state index contributed by atoms with van der Waals surface area (Å²) in [5, 5.41) is 0. The van der Waals surface area contributed by atoms with Gasteiger partial charge < -0.3 is 18.8 Å². The van der Waals surface area contributed by atoms with Gasteiger partial charge in [-0.1, -0.05) is 12.1 Å². The molecule has 0 N–H and O–H groups in total. The van der Waals surface area contributed by atoms with Crippen LogP contribution >= 0.6 is 0 Å². The first-order valence-corrected chi connectivity index (χ1v) is 6.31. The molecule has 2 rings (SSSR count). The van der Waals surface area contributed by atoms with Gasteiger partial charge in [-0.3, -0.25) is 0 Å². The molecule has 20 heavy (non-hydrogen) atoms. The molecule has 1 aliphatic rings. The summed E-state index contributed by atoms with van der Waals surface area (Å²) in [6.07, 6.45) is 0. The van der Waals surface area contributed by atoms with Gasteiger partial charge in [0, 0.05) is 7.04 Å². The standard InChI is InChI=1S/C15H23BO4/c1-14(2)15(3,4)20-16(19-14)12-7-6-8-13(11-12)18-10-9-17-5/h6-8,11H,9-10H2,1-5H3/i5D3,9D2,10D2. The lowest BCUT2D eigenvalue weighted by Gasteiger charge is -2.32. The molecule has 4 nitrogen and oxygen atoms in total. The van der Waals surface area contributed by atoms with Crippen molar-refractivity contribution in [3.05, 3.63) is 24.3 Å². The summed E-state index contributed by atoms with van der Waals surface area (Å²) in [6.45, 7) is 1.31. The van der Waals surface area contributed by atoms with E-state index in [4.69, 9.17) is 23.6 Å². The number of benzene rings is 1. The lowest BCUT2D eigenvalue weighted by atomic mass is 9.79. The maximum absolute atomic E-state index is 7.78. The number of ether oxygens (including phenoxy) is 2. The molecule has 1 aromatic rings. The van der Waals surface area contributed by atoms with Crippen molar-refractivity contribution in [2.75, 3.05) is 20.2 Å². The average molecular weight is 285 g/mol. The van der Waals surface area contributed by atoms with Crippen LogP contribution in [-0.2, 0) is 14.0 Å². The van der Waals surface area contributed by atoms with Crippen molar-refractivity contribution in [1.82, 2.24) is 0 Å². The summed E-state index contributed by atoms with van der Waals surface area (Å²) >= 11 is 0. The van der Waals surface area contributed by atoms with Gasteiger partial charge in [0.1, 0.15) is 12.3 Å². The Kier molecular flexibility index (Phi) is 2.42. The Hall–Kier alpha value is -1.04. The van der Waals surface area contributed by atoms with E-state index in [1.165, 1.54) is 12.1 Å². The summed E-state index contributed by atoms with van der Waals surface area (Å²) in [7, 11) is -3.83. The molecule has 0 unspecified atom stereocenters. The van der Waals surface area contributed by atoms with Crippen LogP contribution in [-0.4, -0.2) is 38.5 Å². The minimum absolute atomic E-state index is 0.0229. The lowest BCUT2D eigenvalue weighted by Crippen LogP contribution is -2.41. The topological polar surface area (TPSA) is 36.9 Å². The lowest BCUT2D eigenvalue weighted by molar-refractivity contribution is 0.00578. The second-order valence-corrected chi connectivity index (χ2v) is 5.57. The maximum Gasteiger partial charge on any atom is 0.494 e. The van der Waals surface area contributed by atoms with Gasteiger partial charge in [0.2, 0.25) is 0 Å². The Morgan fingerprint density at radius 1 is 1.20 bits per heavy atom. The third kappa shape index (κ3) is 3.16. The van der Waals surface area contributed by atoms with E-state index in [0.717, 1.165) is 0 Å². The smallest absolute Gasteiger partial charge is 0.491 e. The third-order valence-corrected chi connectivity index (χ3v) is 3.65. The second-order valence-electron chi connectivity index (χ2n) is 5.57. The van der Waals surface area contributed by atoms with E-state index < -0.39 is 38.5 Å². The van der Waals surface area contributed by atoms with Crippen LogP contribution in [0.5, 0.6) is 5.75 Å². The van der Waals surface area contributed by atoms with Crippen molar-refractivity contribution in [2.24, 2.45) is 0 Å². The number of hydrogen-bond acceptors (Lipinski definition) is 4. The van der Waals surface area contributed by atoms with E-state index in [1.54, 1.807) is 12.1 Å². The molecule has 0 bridgehead atoms. The zero-order valence-corrected chi connectivity index (χ0v) is 12.0. The quantitative estimate of drug-likeness (QED) is 0.776. The minimum atomic E-state index is -3.21. The van der Waals surface area contributed by atoms with Crippen LogP contribution in [0.3, 0.4) is 0 Å². The predicted molar refractivity (Wildman–Crippen MR) is 79.5 cm³/mol. The van der Waals surface area contributed by atoms with E-state index in [9.17, 15) is 0 Å². The van der Waals surface area contributed by atoms with Crippen molar-refractivity contribution in [3.63, 3.8) is 0 Å². The highest BCUT2D eigenvalue weighted by Crippen LogP contribution is 2.36. The third-order valence-electron chi connectivity index (χ3n) is 3.65. The van der Waals surface area contributed by atoms with Crippen molar-refractivity contribution in [3.8, 4) is 5.75 Å². The number of rotatable bonds is 5. The highest BCUT2D eigenvalue weighted by molar-refractivity contribution is 6.62. The van der Waals surface area contributed by atoms with Crippen molar-refractivity contribution < 1.29 is 28.4 Å². The van der Waals surface area contributed by atoms with E-state index in [-0.39, 0.29) is 5.75 Å². The molecule has 0 amide bonds. The molecular formula is C15H23BO4. The van der Waals surface area contributed by atoms with Gasteiger partial charge in [0.05, 0.1) is 27.4 Å². The van der Waals surface area contributed by atoms with Gasteiger partial charge in [-0.15, -0.1) is 0 Å². The fourth-order valence-corrected chi connectivity index (χ4v) is 1.80. The van der Waals surface area contributed by atoms with Crippen LogP contribution in [0.4, 0.5) is 0 Å². The van der Waals surface area contributed by atoms with Crippen LogP contribution in [0, 0.1) is 0 Å². The van der Waals surface area contributed by atoms with Crippen molar-refractivity contribution in [2.45, 2.75) is 38.9 Å². The van der Waals surface area contributed by atoms with E-state index >= 15 is 0 Å². The molecule has 0 spiro atoms. The first-order valence-electron chi connectivity index (χ1n) is 9.81. The fourth-order valence-electron chi connectivity index (χ4n) is 1.80. The highest BCUT2D eigenvalue weighted by Gasteiger charge is 2.51. The zero-order chi connectivity index (χ0) is 20.9. The van der Waals surface area contributed by atoms with Gasteiger partial charge in [0.25, 0.3) is 0 Å². The molecule has 1 fully saturated rings. The Labute approximate surface area is 131 Å². The second kappa shape index (κ2) is 5.76. The van der Waals surface area contributed by atoms with Gasteiger partial charge in [0.15, 0.2) is 0 Å². The molecule has 0 radical (unpaired) electrons. The van der Waals surface area contributed by atoms with Crippen LogP contribution in [0.2, 0.25) is 0 Å². The SMILES string of the molecule is [2H]C([2H])([2H])OC([2H])([2H])C([2H])([2H])Oc1cccc(B2OC(C)(C)C(C)(C)O2)c1. The van der Waals surface area contributed by atoms with E-state index in [1.807, 2.05) is 27.7 Å². The summed E-state index contributed by atoms with van der Waals surface area (Å²) in [4.78, 5) is 0. The first kappa shape index (κ1) is 8.42. The largest absolute Gasteiger partial charge is 0.494 e. The Morgan fingerprint density at radius 3 is 2.55 bits per heavy atom. The Balaban J connectivity index is 2.21. The Bertz CT molecular complexity index is 675. The van der Waals surface area contributed by atoms with E-state index in [2.05, 4.69) is 4.74 Å². The van der Waals surface area contributed by atoms with Crippen LogP contribution < -0.4 is 10.2 Å². The van der Waals surface area contributed by atoms with Crippen LogP contribution in [0.25, 0.3) is 0 Å². The molecule has 1 saturated heterocycles. The number of hydrogen-bond donors (Lipinski definition) is 0. The average Bonchev–Trinajstić information content (AvgIpc) is 2.64. The predicted octanol–water partition coefficient (Wildman–Crippen LogP) is 2.01. The maximum atomic E-state index is 7.78. The molecular weight excluding hydrogens is 255 g/mol. The molecule has 110 valence electrons. The van der Waals surface area contributed by atoms with Crippen LogP contribution in [0.1, 0.15) is 37.3 Å².